The molecule has 5 rings (SSSR count). The summed E-state index contributed by atoms with van der Waals surface area (Å²) in [6, 6.07) is 14.2. The van der Waals surface area contributed by atoms with Crippen LogP contribution in [0, 0.1) is 6.92 Å². The predicted molar refractivity (Wildman–Crippen MR) is 128 cm³/mol. The molecule has 1 N–H and O–H groups in total. The summed E-state index contributed by atoms with van der Waals surface area (Å²) in [6.07, 6.45) is 1.37. The van der Waals surface area contributed by atoms with Crippen LogP contribution in [0.25, 0.3) is 11.2 Å². The van der Waals surface area contributed by atoms with E-state index in [0.717, 1.165) is 11.1 Å². The summed E-state index contributed by atoms with van der Waals surface area (Å²) in [6.45, 7) is 2.88. The molecular formula is C23H23ClN6O3S. The van der Waals surface area contributed by atoms with E-state index in [4.69, 9.17) is 11.6 Å². The van der Waals surface area contributed by atoms with E-state index < -0.39 is 15.6 Å². The largest absolute Gasteiger partial charge is 0.308 e. The lowest BCUT2D eigenvalue weighted by molar-refractivity contribution is 0.309. The molecule has 0 bridgehead atoms. The number of nitrogens with zero attached hydrogens (tertiary/aromatic N) is 5. The molecule has 1 aliphatic heterocycles. The minimum absolute atomic E-state index is 0.135. The quantitative estimate of drug-likeness (QED) is 0.452. The fraction of sp³-hybridized carbons (Fsp3) is 0.304. The van der Waals surface area contributed by atoms with Gasteiger partial charge in [0.2, 0.25) is 10.0 Å². The van der Waals surface area contributed by atoms with Crippen molar-refractivity contribution in [2.45, 2.75) is 37.1 Å². The van der Waals surface area contributed by atoms with E-state index in [1.54, 1.807) is 35.0 Å². The standard InChI is InChI=1S/C23H23ClN6O3S/c1-15-8-10-18(11-9-15)34(32,33)29-12-4-6-17(13-29)21-25-22-20(23(31)26-21)27-28-30(22)14-16-5-2-3-7-19(16)24/h2-3,5,7-11,17H,4,6,12-14H2,1H3,(H,25,26,31)/t17-/m0/s1. The highest BCUT2D eigenvalue weighted by molar-refractivity contribution is 7.89. The number of piperidine rings is 1. The first kappa shape index (κ1) is 22.7. The molecule has 3 heterocycles. The molecule has 1 saturated heterocycles. The Hall–Kier alpha value is -3.08. The van der Waals surface area contributed by atoms with E-state index >= 15 is 0 Å². The topological polar surface area (TPSA) is 114 Å². The van der Waals surface area contributed by atoms with Crippen LogP contribution in [0.1, 0.15) is 35.7 Å². The highest BCUT2D eigenvalue weighted by atomic mass is 35.5. The number of halogens is 1. The number of fused-ring (bicyclic) bond motifs is 1. The van der Waals surface area contributed by atoms with Crippen molar-refractivity contribution in [3.8, 4) is 0 Å². The second kappa shape index (κ2) is 8.94. The summed E-state index contributed by atoms with van der Waals surface area (Å²) in [5.41, 5.74) is 1.90. The molecule has 0 saturated carbocycles. The van der Waals surface area contributed by atoms with Crippen LogP contribution in [0.4, 0.5) is 0 Å². The Kier molecular flexibility index (Phi) is 5.97. The lowest BCUT2D eigenvalue weighted by Crippen LogP contribution is -2.39. The van der Waals surface area contributed by atoms with E-state index in [9.17, 15) is 13.2 Å². The Bertz CT molecular complexity index is 1510. The van der Waals surface area contributed by atoms with Gasteiger partial charge in [0.1, 0.15) is 5.82 Å². The number of H-pyrrole nitrogens is 1. The van der Waals surface area contributed by atoms with Crippen molar-refractivity contribution >= 4 is 32.8 Å². The van der Waals surface area contributed by atoms with Gasteiger partial charge in [0.15, 0.2) is 11.2 Å². The summed E-state index contributed by atoms with van der Waals surface area (Å²) >= 11 is 6.28. The van der Waals surface area contributed by atoms with Gasteiger partial charge in [-0.2, -0.15) is 4.31 Å². The molecule has 0 unspecified atom stereocenters. The maximum Gasteiger partial charge on any atom is 0.281 e. The fourth-order valence-corrected chi connectivity index (χ4v) is 5.93. The summed E-state index contributed by atoms with van der Waals surface area (Å²) in [4.78, 5) is 20.5. The van der Waals surface area contributed by atoms with Crippen LogP contribution in [-0.2, 0) is 16.6 Å². The zero-order valence-corrected chi connectivity index (χ0v) is 20.1. The maximum absolute atomic E-state index is 13.2. The van der Waals surface area contributed by atoms with E-state index in [1.165, 1.54) is 4.31 Å². The lowest BCUT2D eigenvalue weighted by Gasteiger charge is -2.31. The molecule has 0 amide bonds. The minimum atomic E-state index is -3.65. The van der Waals surface area contributed by atoms with Gasteiger partial charge >= 0.3 is 0 Å². The van der Waals surface area contributed by atoms with Crippen molar-refractivity contribution < 1.29 is 8.42 Å². The average Bonchev–Trinajstić information content (AvgIpc) is 3.24. The van der Waals surface area contributed by atoms with Gasteiger partial charge in [-0.05, 0) is 43.5 Å². The fourth-order valence-electron chi connectivity index (χ4n) is 4.21. The molecule has 0 spiro atoms. The predicted octanol–water partition coefficient (Wildman–Crippen LogP) is 3.09. The molecule has 1 fully saturated rings. The van der Waals surface area contributed by atoms with Crippen molar-refractivity contribution in [2.24, 2.45) is 0 Å². The number of nitrogens with one attached hydrogen (secondary N) is 1. The van der Waals surface area contributed by atoms with Crippen LogP contribution in [0.15, 0.2) is 58.2 Å². The Morgan fingerprint density at radius 1 is 1.15 bits per heavy atom. The summed E-state index contributed by atoms with van der Waals surface area (Å²) < 4.78 is 29.4. The molecule has 1 atom stereocenters. The molecule has 176 valence electrons. The van der Waals surface area contributed by atoms with Crippen molar-refractivity contribution in [3.63, 3.8) is 0 Å². The number of sulfonamides is 1. The van der Waals surface area contributed by atoms with Crippen molar-refractivity contribution in [3.05, 3.63) is 80.9 Å². The maximum atomic E-state index is 13.2. The molecule has 1 aliphatic rings. The molecule has 2 aromatic carbocycles. The molecular weight excluding hydrogens is 476 g/mol. The Morgan fingerprint density at radius 2 is 1.91 bits per heavy atom. The molecule has 11 heteroatoms. The number of rotatable bonds is 5. The Balaban J connectivity index is 1.46. The third-order valence-corrected chi connectivity index (χ3v) is 8.35. The van der Waals surface area contributed by atoms with Gasteiger partial charge in [0, 0.05) is 24.0 Å². The first-order valence-corrected chi connectivity index (χ1v) is 12.8. The monoisotopic (exact) mass is 498 g/mol. The number of aryl methyl sites for hydroxylation is 1. The second-order valence-electron chi connectivity index (χ2n) is 8.48. The van der Waals surface area contributed by atoms with Crippen LogP contribution >= 0.6 is 11.6 Å². The summed E-state index contributed by atoms with van der Waals surface area (Å²) in [5, 5.41) is 8.67. The Morgan fingerprint density at radius 3 is 2.68 bits per heavy atom. The number of hydrogen-bond acceptors (Lipinski definition) is 6. The van der Waals surface area contributed by atoms with Gasteiger partial charge in [-0.25, -0.2) is 18.1 Å². The van der Waals surface area contributed by atoms with E-state index in [2.05, 4.69) is 20.3 Å². The zero-order valence-electron chi connectivity index (χ0n) is 18.5. The molecule has 9 nitrogen and oxygen atoms in total. The smallest absolute Gasteiger partial charge is 0.281 e. The van der Waals surface area contributed by atoms with Gasteiger partial charge in [-0.3, -0.25) is 4.79 Å². The number of aromatic amines is 1. The summed E-state index contributed by atoms with van der Waals surface area (Å²) in [7, 11) is -3.65. The van der Waals surface area contributed by atoms with E-state index in [-0.39, 0.29) is 22.9 Å². The highest BCUT2D eigenvalue weighted by Crippen LogP contribution is 2.29. The van der Waals surface area contributed by atoms with Gasteiger partial charge in [0.25, 0.3) is 5.56 Å². The average molecular weight is 499 g/mol. The third-order valence-electron chi connectivity index (χ3n) is 6.10. The summed E-state index contributed by atoms with van der Waals surface area (Å²) in [5.74, 6) is 0.179. The second-order valence-corrected chi connectivity index (χ2v) is 10.8. The number of aromatic nitrogens is 5. The molecule has 34 heavy (non-hydrogen) atoms. The lowest BCUT2D eigenvalue weighted by atomic mass is 9.99. The van der Waals surface area contributed by atoms with Gasteiger partial charge in [-0.15, -0.1) is 5.10 Å². The minimum Gasteiger partial charge on any atom is -0.308 e. The van der Waals surface area contributed by atoms with E-state index in [0.29, 0.717) is 42.4 Å². The molecule has 4 aromatic rings. The number of benzene rings is 2. The first-order valence-electron chi connectivity index (χ1n) is 11.0. The number of hydrogen-bond donors (Lipinski definition) is 1. The van der Waals surface area contributed by atoms with Crippen LogP contribution in [0.5, 0.6) is 0 Å². The van der Waals surface area contributed by atoms with Crippen LogP contribution < -0.4 is 5.56 Å². The first-order chi connectivity index (χ1) is 16.3. The van der Waals surface area contributed by atoms with Crippen molar-refractivity contribution in [2.75, 3.05) is 13.1 Å². The van der Waals surface area contributed by atoms with Gasteiger partial charge in [-0.1, -0.05) is 52.7 Å². The van der Waals surface area contributed by atoms with Crippen molar-refractivity contribution in [1.29, 1.82) is 0 Å². The van der Waals surface area contributed by atoms with Crippen LogP contribution in [-0.4, -0.2) is 50.8 Å². The molecule has 0 radical (unpaired) electrons. The highest BCUT2D eigenvalue weighted by Gasteiger charge is 2.32. The van der Waals surface area contributed by atoms with E-state index in [1.807, 2.05) is 25.1 Å². The third kappa shape index (κ3) is 4.24. The SMILES string of the molecule is Cc1ccc(S(=O)(=O)N2CCC[C@H](c3nc4c(nnn4Cc4ccccc4Cl)c(=O)[nH]3)C2)cc1. The van der Waals surface area contributed by atoms with Crippen molar-refractivity contribution in [1.82, 2.24) is 29.3 Å². The van der Waals surface area contributed by atoms with Gasteiger partial charge < -0.3 is 4.98 Å². The molecule has 0 aliphatic carbocycles. The van der Waals surface area contributed by atoms with Crippen LogP contribution in [0.3, 0.4) is 0 Å². The molecule has 2 aromatic heterocycles. The zero-order chi connectivity index (χ0) is 23.9. The van der Waals surface area contributed by atoms with Gasteiger partial charge in [0.05, 0.1) is 11.4 Å². The normalized spacial score (nSPS) is 17.3. The van der Waals surface area contributed by atoms with Crippen LogP contribution in [0.2, 0.25) is 5.02 Å². The Labute approximate surface area is 201 Å².